The Morgan fingerprint density at radius 3 is 3.13 bits per heavy atom. The molecule has 0 unspecified atom stereocenters. The second-order valence-corrected chi connectivity index (χ2v) is 4.36. The molecule has 0 aliphatic heterocycles. The molecule has 0 spiro atoms. The van der Waals surface area contributed by atoms with Crippen LogP contribution in [0.25, 0.3) is 11.1 Å². The highest BCUT2D eigenvalue weighted by Crippen LogP contribution is 2.26. The normalized spacial score (nSPS) is 10.8. The topological polar surface area (TPSA) is 43.1 Å². The van der Waals surface area contributed by atoms with Crippen LogP contribution < -0.4 is 0 Å². The minimum atomic E-state index is 0.0349. The first-order valence-corrected chi connectivity index (χ1v) is 5.65. The van der Waals surface area contributed by atoms with Gasteiger partial charge in [-0.15, -0.1) is 0 Å². The van der Waals surface area contributed by atoms with Gasteiger partial charge in [0.1, 0.15) is 5.52 Å². The van der Waals surface area contributed by atoms with Gasteiger partial charge in [0, 0.05) is 23.2 Å². The molecule has 0 aliphatic carbocycles. The highest BCUT2D eigenvalue weighted by Gasteiger charge is 2.10. The molecule has 0 bridgehead atoms. The fourth-order valence-electron chi connectivity index (χ4n) is 1.09. The third-order valence-corrected chi connectivity index (χ3v) is 2.92. The van der Waals surface area contributed by atoms with Gasteiger partial charge in [0.05, 0.1) is 0 Å². The number of rotatable bonds is 2. The summed E-state index contributed by atoms with van der Waals surface area (Å²) < 4.78 is 5.37. The quantitative estimate of drug-likeness (QED) is 0.755. The first-order chi connectivity index (χ1) is 7.19. The van der Waals surface area contributed by atoms with Crippen molar-refractivity contribution in [3.05, 3.63) is 23.2 Å². The molecule has 2 rings (SSSR count). The van der Waals surface area contributed by atoms with Crippen molar-refractivity contribution in [2.75, 3.05) is 0 Å². The fourth-order valence-corrected chi connectivity index (χ4v) is 1.87. The second-order valence-electron chi connectivity index (χ2n) is 2.92. The maximum absolute atomic E-state index is 11.2. The van der Waals surface area contributed by atoms with Gasteiger partial charge in [-0.05, 0) is 18.2 Å². The van der Waals surface area contributed by atoms with Gasteiger partial charge < -0.3 is 4.42 Å². The molecule has 0 atom stereocenters. The van der Waals surface area contributed by atoms with Gasteiger partial charge in [0.25, 0.3) is 5.22 Å². The highest BCUT2D eigenvalue weighted by molar-refractivity contribution is 8.13. The van der Waals surface area contributed by atoms with E-state index < -0.39 is 0 Å². The molecule has 5 heteroatoms. The Hall–Kier alpha value is -1.00. The van der Waals surface area contributed by atoms with E-state index in [0.29, 0.717) is 27.8 Å². The minimum absolute atomic E-state index is 0.0349. The average molecular weight is 242 g/mol. The minimum Gasteiger partial charge on any atom is -0.431 e. The molecule has 15 heavy (non-hydrogen) atoms. The predicted molar refractivity (Wildman–Crippen MR) is 60.2 cm³/mol. The molecular formula is C10H8ClNO2S. The lowest BCUT2D eigenvalue weighted by molar-refractivity contribution is -0.110. The van der Waals surface area contributed by atoms with Gasteiger partial charge in [-0.25, -0.2) is 4.98 Å². The van der Waals surface area contributed by atoms with Gasteiger partial charge in [-0.2, -0.15) is 0 Å². The van der Waals surface area contributed by atoms with E-state index in [1.807, 2.05) is 0 Å². The number of thioether (sulfide) groups is 1. The van der Waals surface area contributed by atoms with Crippen LogP contribution in [0.2, 0.25) is 5.02 Å². The number of fused-ring (bicyclic) bond motifs is 1. The Balaban J connectivity index is 2.34. The molecule has 0 aliphatic rings. The SMILES string of the molecule is CCC(=O)Sc1nc2cc(Cl)ccc2o1. The molecule has 1 aromatic heterocycles. The van der Waals surface area contributed by atoms with Crippen LogP contribution in [0.15, 0.2) is 27.8 Å². The summed E-state index contributed by atoms with van der Waals surface area (Å²) >= 11 is 6.82. The molecule has 0 saturated heterocycles. The van der Waals surface area contributed by atoms with Crippen LogP contribution in [0.1, 0.15) is 13.3 Å². The Labute approximate surface area is 95.8 Å². The lowest BCUT2D eigenvalue weighted by Crippen LogP contribution is -1.86. The molecule has 0 saturated carbocycles. The van der Waals surface area contributed by atoms with Gasteiger partial charge >= 0.3 is 0 Å². The van der Waals surface area contributed by atoms with Crippen molar-refractivity contribution in [3.63, 3.8) is 0 Å². The summed E-state index contributed by atoms with van der Waals surface area (Å²) in [6.07, 6.45) is 0.462. The summed E-state index contributed by atoms with van der Waals surface area (Å²) in [6, 6.07) is 5.18. The molecule has 1 heterocycles. The van der Waals surface area contributed by atoms with E-state index in [1.165, 1.54) is 0 Å². The van der Waals surface area contributed by atoms with Crippen LogP contribution in [0, 0.1) is 0 Å². The molecule has 78 valence electrons. The first-order valence-electron chi connectivity index (χ1n) is 4.46. The Morgan fingerprint density at radius 1 is 1.60 bits per heavy atom. The molecule has 3 nitrogen and oxygen atoms in total. The summed E-state index contributed by atoms with van der Waals surface area (Å²) in [5, 5.41) is 1.01. The van der Waals surface area contributed by atoms with E-state index in [-0.39, 0.29) is 5.12 Å². The summed E-state index contributed by atoms with van der Waals surface area (Å²) in [6.45, 7) is 1.80. The third-order valence-electron chi connectivity index (χ3n) is 1.82. The standard InChI is InChI=1S/C10H8ClNO2S/c1-2-9(13)15-10-12-7-5-6(11)3-4-8(7)14-10/h3-5H,2H2,1H3. The summed E-state index contributed by atoms with van der Waals surface area (Å²) in [7, 11) is 0. The number of carbonyl (C=O) groups is 1. The Kier molecular flexibility index (Phi) is 2.98. The van der Waals surface area contributed by atoms with Gasteiger partial charge in [-0.3, -0.25) is 4.79 Å². The van der Waals surface area contributed by atoms with Crippen LogP contribution in [0.4, 0.5) is 0 Å². The van der Waals surface area contributed by atoms with E-state index >= 15 is 0 Å². The number of halogens is 1. The molecule has 1 aromatic carbocycles. The molecule has 0 N–H and O–H groups in total. The number of oxazole rings is 1. The molecule has 2 aromatic rings. The zero-order chi connectivity index (χ0) is 10.8. The van der Waals surface area contributed by atoms with Gasteiger partial charge in [0.15, 0.2) is 10.7 Å². The molecule has 0 fully saturated rings. The maximum Gasteiger partial charge on any atom is 0.264 e. The van der Waals surface area contributed by atoms with E-state index in [2.05, 4.69) is 4.98 Å². The Morgan fingerprint density at radius 2 is 2.40 bits per heavy atom. The van der Waals surface area contributed by atoms with Crippen molar-refractivity contribution in [1.29, 1.82) is 0 Å². The lowest BCUT2D eigenvalue weighted by atomic mass is 10.3. The second kappa shape index (κ2) is 4.24. The first kappa shape index (κ1) is 10.5. The van der Waals surface area contributed by atoms with Crippen LogP contribution in [0.3, 0.4) is 0 Å². The Bertz CT molecular complexity index is 509. The van der Waals surface area contributed by atoms with E-state index in [4.69, 9.17) is 16.0 Å². The zero-order valence-electron chi connectivity index (χ0n) is 7.99. The van der Waals surface area contributed by atoms with Crippen molar-refractivity contribution < 1.29 is 9.21 Å². The summed E-state index contributed by atoms with van der Waals surface area (Å²) in [4.78, 5) is 15.3. The predicted octanol–water partition coefficient (Wildman–Crippen LogP) is 3.51. The number of carbonyl (C=O) groups excluding carboxylic acids is 1. The van der Waals surface area contributed by atoms with Crippen LogP contribution in [0.5, 0.6) is 0 Å². The summed E-state index contributed by atoms with van der Waals surface area (Å²) in [5.41, 5.74) is 1.32. The van der Waals surface area contributed by atoms with Crippen molar-refractivity contribution >= 4 is 39.6 Å². The van der Waals surface area contributed by atoms with Crippen molar-refractivity contribution in [2.24, 2.45) is 0 Å². The number of hydrogen-bond acceptors (Lipinski definition) is 4. The molecule has 0 radical (unpaired) electrons. The third kappa shape index (κ3) is 2.33. The lowest BCUT2D eigenvalue weighted by Gasteiger charge is -1.88. The monoisotopic (exact) mass is 241 g/mol. The smallest absolute Gasteiger partial charge is 0.264 e. The van der Waals surface area contributed by atoms with Crippen LogP contribution in [-0.2, 0) is 4.79 Å². The van der Waals surface area contributed by atoms with Crippen LogP contribution in [-0.4, -0.2) is 10.1 Å². The number of nitrogens with zero attached hydrogens (tertiary/aromatic N) is 1. The number of benzene rings is 1. The fraction of sp³-hybridized carbons (Fsp3) is 0.200. The van der Waals surface area contributed by atoms with E-state index in [9.17, 15) is 4.79 Å². The van der Waals surface area contributed by atoms with Gasteiger partial charge in [-0.1, -0.05) is 18.5 Å². The van der Waals surface area contributed by atoms with E-state index in [0.717, 1.165) is 11.8 Å². The zero-order valence-corrected chi connectivity index (χ0v) is 9.56. The number of aromatic nitrogens is 1. The van der Waals surface area contributed by atoms with Crippen molar-refractivity contribution in [3.8, 4) is 0 Å². The molecule has 0 amide bonds. The average Bonchev–Trinajstić information content (AvgIpc) is 2.59. The maximum atomic E-state index is 11.2. The highest BCUT2D eigenvalue weighted by atomic mass is 35.5. The summed E-state index contributed by atoms with van der Waals surface area (Å²) in [5.74, 6) is 0. The van der Waals surface area contributed by atoms with Crippen LogP contribution >= 0.6 is 23.4 Å². The van der Waals surface area contributed by atoms with Crippen molar-refractivity contribution in [1.82, 2.24) is 4.98 Å². The van der Waals surface area contributed by atoms with Gasteiger partial charge in [0.2, 0.25) is 0 Å². The molecular weight excluding hydrogens is 234 g/mol. The number of hydrogen-bond donors (Lipinski definition) is 0. The van der Waals surface area contributed by atoms with E-state index in [1.54, 1.807) is 25.1 Å². The largest absolute Gasteiger partial charge is 0.431 e. The van der Waals surface area contributed by atoms with Crippen molar-refractivity contribution in [2.45, 2.75) is 18.6 Å².